The van der Waals surface area contributed by atoms with Crippen LogP contribution in [-0.2, 0) is 0 Å². The van der Waals surface area contributed by atoms with Crippen LogP contribution in [0, 0.1) is 3.70 Å². The maximum atomic E-state index is 4.21. The van der Waals surface area contributed by atoms with Gasteiger partial charge in [-0.3, -0.25) is 0 Å². The third kappa shape index (κ3) is 0.901. The highest BCUT2D eigenvalue weighted by atomic mass is 127. The highest BCUT2D eigenvalue weighted by Crippen LogP contribution is 2.20. The number of hydrogen-bond acceptors (Lipinski definition) is 1. The fourth-order valence-electron chi connectivity index (χ4n) is 0.858. The van der Waals surface area contributed by atoms with Crippen LogP contribution in [-0.4, -0.2) is 4.98 Å². The summed E-state index contributed by atoms with van der Waals surface area (Å²) in [4.78, 5) is 4.21. The van der Waals surface area contributed by atoms with Gasteiger partial charge < -0.3 is 0 Å². The maximum absolute atomic E-state index is 4.21. The lowest BCUT2D eigenvalue weighted by molar-refractivity contribution is 1.10. The Morgan fingerprint density at radius 3 is 3.10 bits per heavy atom. The minimum absolute atomic E-state index is 0.840. The van der Waals surface area contributed by atoms with Crippen LogP contribution in [0.2, 0.25) is 0 Å². The van der Waals surface area contributed by atoms with Gasteiger partial charge in [0, 0.05) is 11.8 Å². The minimum Gasteiger partial charge on any atom is -0.237 e. The normalized spacial score (nSPS) is 12.9. The average Bonchev–Trinajstić information content (AvgIpc) is 2.33. The molecule has 0 spiro atoms. The lowest BCUT2D eigenvalue weighted by Crippen LogP contribution is -1.88. The molecule has 0 bridgehead atoms. The number of halogens is 1. The minimum atomic E-state index is 0.840. The summed E-state index contributed by atoms with van der Waals surface area (Å²) in [5.74, 6) is 0.840. The predicted octanol–water partition coefficient (Wildman–Crippen LogP) is 1.91. The van der Waals surface area contributed by atoms with E-state index in [1.54, 1.807) is 6.20 Å². The zero-order chi connectivity index (χ0) is 6.97. The fourth-order valence-corrected chi connectivity index (χ4v) is 1.27. The van der Waals surface area contributed by atoms with E-state index >= 15 is 0 Å². The first-order valence-corrected chi connectivity index (χ1v) is 3.98. The van der Waals surface area contributed by atoms with Crippen LogP contribution in [0.4, 0.5) is 5.82 Å². The van der Waals surface area contributed by atoms with Crippen molar-refractivity contribution in [2.75, 3.05) is 0 Å². The van der Waals surface area contributed by atoms with Gasteiger partial charge in [0.05, 0.1) is 0 Å². The molecule has 2 rings (SSSR count). The SMILES string of the molecule is Ic1ccc2c(n1)[N]C=C2. The largest absolute Gasteiger partial charge is 0.237 e. The van der Waals surface area contributed by atoms with Gasteiger partial charge in [0.25, 0.3) is 0 Å². The molecule has 2 nitrogen and oxygen atoms in total. The van der Waals surface area contributed by atoms with E-state index in [0.717, 1.165) is 15.1 Å². The molecular formula is C7H4IN2. The Morgan fingerprint density at radius 2 is 2.20 bits per heavy atom. The van der Waals surface area contributed by atoms with Crippen LogP contribution in [0.5, 0.6) is 0 Å². The summed E-state index contributed by atoms with van der Waals surface area (Å²) in [6.07, 6.45) is 3.73. The van der Waals surface area contributed by atoms with Gasteiger partial charge in [-0.1, -0.05) is 0 Å². The maximum Gasteiger partial charge on any atom is 0.160 e. The molecule has 1 aliphatic heterocycles. The van der Waals surface area contributed by atoms with Crippen molar-refractivity contribution in [3.63, 3.8) is 0 Å². The molecule has 0 fully saturated rings. The Morgan fingerprint density at radius 1 is 1.30 bits per heavy atom. The van der Waals surface area contributed by atoms with Crippen LogP contribution in [0.1, 0.15) is 5.56 Å². The summed E-state index contributed by atoms with van der Waals surface area (Å²) < 4.78 is 0.990. The summed E-state index contributed by atoms with van der Waals surface area (Å²) in [5, 5.41) is 4.06. The number of pyridine rings is 1. The Balaban J connectivity index is 2.59. The summed E-state index contributed by atoms with van der Waals surface area (Å²) >= 11 is 2.17. The van der Waals surface area contributed by atoms with Crippen molar-refractivity contribution in [3.05, 3.63) is 27.6 Å². The van der Waals surface area contributed by atoms with Crippen molar-refractivity contribution in [2.24, 2.45) is 0 Å². The number of fused-ring (bicyclic) bond motifs is 1. The Hall–Kier alpha value is -0.580. The van der Waals surface area contributed by atoms with E-state index in [4.69, 9.17) is 0 Å². The van der Waals surface area contributed by atoms with Crippen molar-refractivity contribution in [1.29, 1.82) is 0 Å². The molecule has 1 aromatic heterocycles. The molecule has 49 valence electrons. The number of aromatic nitrogens is 1. The van der Waals surface area contributed by atoms with Crippen LogP contribution in [0.15, 0.2) is 18.3 Å². The zero-order valence-electron chi connectivity index (χ0n) is 5.08. The van der Waals surface area contributed by atoms with E-state index in [-0.39, 0.29) is 0 Å². The van der Waals surface area contributed by atoms with Gasteiger partial charge in [0.2, 0.25) is 0 Å². The summed E-state index contributed by atoms with van der Waals surface area (Å²) in [6.45, 7) is 0. The highest BCUT2D eigenvalue weighted by Gasteiger charge is 2.06. The molecule has 0 aromatic carbocycles. The highest BCUT2D eigenvalue weighted by molar-refractivity contribution is 14.1. The predicted molar refractivity (Wildman–Crippen MR) is 47.8 cm³/mol. The second-order valence-electron chi connectivity index (χ2n) is 1.99. The third-order valence-corrected chi connectivity index (χ3v) is 1.92. The fraction of sp³-hybridized carbons (Fsp3) is 0. The van der Waals surface area contributed by atoms with E-state index in [1.807, 2.05) is 18.2 Å². The van der Waals surface area contributed by atoms with Gasteiger partial charge in [-0.25, -0.2) is 10.3 Å². The molecule has 1 radical (unpaired) electrons. The van der Waals surface area contributed by atoms with E-state index in [9.17, 15) is 0 Å². The topological polar surface area (TPSA) is 27.0 Å². The molecule has 10 heavy (non-hydrogen) atoms. The van der Waals surface area contributed by atoms with Gasteiger partial charge in [0.1, 0.15) is 3.70 Å². The third-order valence-electron chi connectivity index (χ3n) is 1.32. The molecule has 2 heterocycles. The average molecular weight is 243 g/mol. The van der Waals surface area contributed by atoms with Crippen molar-refractivity contribution >= 4 is 34.5 Å². The van der Waals surface area contributed by atoms with Crippen molar-refractivity contribution in [3.8, 4) is 0 Å². The van der Waals surface area contributed by atoms with Crippen molar-refractivity contribution in [2.45, 2.75) is 0 Å². The lowest BCUT2D eigenvalue weighted by atomic mass is 10.3. The van der Waals surface area contributed by atoms with Crippen LogP contribution < -0.4 is 5.32 Å². The molecule has 0 unspecified atom stereocenters. The number of hydrogen-bond donors (Lipinski definition) is 0. The van der Waals surface area contributed by atoms with Crippen molar-refractivity contribution < 1.29 is 0 Å². The molecule has 0 saturated carbocycles. The van der Waals surface area contributed by atoms with E-state index < -0.39 is 0 Å². The van der Waals surface area contributed by atoms with Gasteiger partial charge in [-0.15, -0.1) is 0 Å². The van der Waals surface area contributed by atoms with Crippen LogP contribution in [0.3, 0.4) is 0 Å². The molecule has 0 N–H and O–H groups in total. The van der Waals surface area contributed by atoms with E-state index in [2.05, 4.69) is 32.9 Å². The number of rotatable bonds is 0. The van der Waals surface area contributed by atoms with Crippen molar-refractivity contribution in [1.82, 2.24) is 10.3 Å². The van der Waals surface area contributed by atoms with E-state index in [0.29, 0.717) is 0 Å². The molecule has 1 aliphatic rings. The van der Waals surface area contributed by atoms with Gasteiger partial charge in [0.15, 0.2) is 5.82 Å². The second kappa shape index (κ2) is 2.23. The Labute approximate surface area is 72.5 Å². The molecular weight excluding hydrogens is 239 g/mol. The first-order chi connectivity index (χ1) is 4.86. The van der Waals surface area contributed by atoms with E-state index in [1.165, 1.54) is 0 Å². The lowest BCUT2D eigenvalue weighted by Gasteiger charge is -1.94. The van der Waals surface area contributed by atoms with Crippen LogP contribution in [0.25, 0.3) is 6.08 Å². The number of nitrogens with zero attached hydrogens (tertiary/aromatic N) is 2. The smallest absolute Gasteiger partial charge is 0.160 e. The van der Waals surface area contributed by atoms with Gasteiger partial charge in [-0.2, -0.15) is 0 Å². The molecule has 0 atom stereocenters. The molecule has 1 aromatic rings. The summed E-state index contributed by atoms with van der Waals surface area (Å²) in [6, 6.07) is 4.00. The molecule has 0 aliphatic carbocycles. The summed E-state index contributed by atoms with van der Waals surface area (Å²) in [7, 11) is 0. The zero-order valence-corrected chi connectivity index (χ0v) is 7.24. The summed E-state index contributed by atoms with van der Waals surface area (Å²) in [5.41, 5.74) is 1.11. The Kier molecular flexibility index (Phi) is 1.37. The Bertz CT molecular complexity index is 294. The first-order valence-electron chi connectivity index (χ1n) is 2.90. The monoisotopic (exact) mass is 243 g/mol. The van der Waals surface area contributed by atoms with Gasteiger partial charge >= 0.3 is 0 Å². The van der Waals surface area contributed by atoms with Crippen LogP contribution >= 0.6 is 22.6 Å². The standard InChI is InChI=1S/C7H4IN2/c8-6-2-1-5-3-4-9-7(5)10-6/h1-4H. The quantitative estimate of drug-likeness (QED) is 0.505. The second-order valence-corrected chi connectivity index (χ2v) is 3.10. The first kappa shape index (κ1) is 6.15. The van der Waals surface area contributed by atoms with Gasteiger partial charge in [-0.05, 0) is 40.8 Å². The molecule has 3 heteroatoms. The molecule has 0 saturated heterocycles. The molecule has 0 amide bonds.